The van der Waals surface area contributed by atoms with Crippen LogP contribution in [0.1, 0.15) is 61.5 Å². The van der Waals surface area contributed by atoms with E-state index in [-0.39, 0.29) is 11.9 Å². The molecule has 5 rings (SSSR count). The first-order valence-corrected chi connectivity index (χ1v) is 14.1. The lowest BCUT2D eigenvalue weighted by molar-refractivity contribution is -0.911. The predicted molar refractivity (Wildman–Crippen MR) is 142 cm³/mol. The number of carbonyl (C=O) groups excluding carboxylic acids is 1. The van der Waals surface area contributed by atoms with Crippen LogP contribution >= 0.6 is 27.5 Å². The van der Waals surface area contributed by atoms with Gasteiger partial charge < -0.3 is 10.2 Å². The molecule has 2 aromatic rings. The molecule has 1 aliphatic carbocycles. The maximum absolute atomic E-state index is 13.0. The molecule has 1 aromatic carbocycles. The van der Waals surface area contributed by atoms with Gasteiger partial charge in [0.2, 0.25) is 12.1 Å². The number of rotatable bonds is 3. The quantitative estimate of drug-likeness (QED) is 0.429. The van der Waals surface area contributed by atoms with Gasteiger partial charge in [-0.1, -0.05) is 31.5 Å². The molecule has 1 unspecified atom stereocenters. The van der Waals surface area contributed by atoms with Crippen LogP contribution in [-0.4, -0.2) is 60.2 Å². The van der Waals surface area contributed by atoms with E-state index >= 15 is 0 Å². The molecule has 2 aliphatic heterocycles. The number of hydrogen-bond acceptors (Lipinski definition) is 4. The van der Waals surface area contributed by atoms with E-state index in [9.17, 15) is 10.0 Å². The zero-order valence-electron chi connectivity index (χ0n) is 20.8. The highest BCUT2D eigenvalue weighted by atomic mass is 79.9. The molecule has 6 nitrogen and oxygen atoms in total. The number of pyridine rings is 1. The first-order chi connectivity index (χ1) is 17.0. The van der Waals surface area contributed by atoms with Gasteiger partial charge in [-0.05, 0) is 89.9 Å². The van der Waals surface area contributed by atoms with Crippen molar-refractivity contribution in [2.75, 3.05) is 39.3 Å². The normalized spacial score (nSPS) is 20.8. The average Bonchev–Trinajstić information content (AvgIpc) is 3.03. The van der Waals surface area contributed by atoms with Crippen LogP contribution in [0, 0.1) is 5.92 Å². The number of benzene rings is 1. The second kappa shape index (κ2) is 12.0. The number of fused-ring (bicyclic) bond motifs is 2. The average molecular weight is 565 g/mol. The van der Waals surface area contributed by atoms with Crippen molar-refractivity contribution in [2.24, 2.45) is 5.92 Å². The summed E-state index contributed by atoms with van der Waals surface area (Å²) in [4.78, 5) is 17.4. The van der Waals surface area contributed by atoms with E-state index in [2.05, 4.69) is 44.3 Å². The van der Waals surface area contributed by atoms with E-state index in [1.165, 1.54) is 15.9 Å². The van der Waals surface area contributed by atoms with Gasteiger partial charge in [-0.3, -0.25) is 14.9 Å². The number of amides is 1. The molecular weight excluding hydrogens is 528 g/mol. The zero-order chi connectivity index (χ0) is 24.9. The first kappa shape index (κ1) is 26.4. The Balaban J connectivity index is 0.00000141. The third kappa shape index (κ3) is 6.01. The van der Waals surface area contributed by atoms with Gasteiger partial charge in [0.15, 0.2) is 0 Å². The minimum absolute atomic E-state index is 0.0745. The molecule has 190 valence electrons. The third-order valence-corrected chi connectivity index (χ3v) is 8.08. The van der Waals surface area contributed by atoms with E-state index in [4.69, 9.17) is 11.6 Å². The maximum Gasteiger partial charge on any atom is 0.258 e. The number of piperidine rings is 1. The summed E-state index contributed by atoms with van der Waals surface area (Å²) < 4.78 is 2.14. The molecule has 8 heteroatoms. The molecular formula is C27H37BrClN4O2+. The number of aryl methyl sites for hydroxylation is 2. The summed E-state index contributed by atoms with van der Waals surface area (Å²) in [6.07, 6.45) is 6.29. The van der Waals surface area contributed by atoms with E-state index < -0.39 is 0 Å². The van der Waals surface area contributed by atoms with Crippen LogP contribution in [0.3, 0.4) is 0 Å². The predicted octanol–water partition coefficient (Wildman–Crippen LogP) is 4.38. The Kier molecular flexibility index (Phi) is 9.08. The Labute approximate surface area is 222 Å². The summed E-state index contributed by atoms with van der Waals surface area (Å²) in [5, 5.41) is 15.0. The van der Waals surface area contributed by atoms with Crippen LogP contribution in [-0.2, 0) is 17.6 Å². The molecule has 35 heavy (non-hydrogen) atoms. The lowest BCUT2D eigenvalue weighted by Gasteiger charge is -2.39. The van der Waals surface area contributed by atoms with Crippen molar-refractivity contribution in [1.29, 1.82) is 0 Å². The highest BCUT2D eigenvalue weighted by molar-refractivity contribution is 9.10. The Morgan fingerprint density at radius 2 is 1.80 bits per heavy atom. The maximum atomic E-state index is 13.0. The molecule has 1 atom stereocenters. The number of hydrogen-bond donors (Lipinski definition) is 2. The van der Waals surface area contributed by atoms with E-state index in [0.717, 1.165) is 85.7 Å². The molecule has 2 fully saturated rings. The van der Waals surface area contributed by atoms with Crippen molar-refractivity contribution >= 4 is 33.4 Å². The van der Waals surface area contributed by atoms with Gasteiger partial charge in [0.05, 0.1) is 4.47 Å². The van der Waals surface area contributed by atoms with Crippen LogP contribution in [0.2, 0.25) is 5.02 Å². The van der Waals surface area contributed by atoms with Crippen molar-refractivity contribution in [3.05, 3.63) is 62.3 Å². The van der Waals surface area contributed by atoms with Crippen molar-refractivity contribution in [1.82, 2.24) is 15.1 Å². The van der Waals surface area contributed by atoms with E-state index in [0.29, 0.717) is 12.3 Å². The second-order valence-electron chi connectivity index (χ2n) is 9.47. The highest BCUT2D eigenvalue weighted by Crippen LogP contribution is 2.37. The molecule has 2 saturated heterocycles. The number of nitrogens with one attached hydrogen (secondary N) is 1. The van der Waals surface area contributed by atoms with E-state index in [1.807, 2.05) is 24.8 Å². The number of piperazine rings is 1. The fraction of sp³-hybridized carbons (Fsp3) is 0.556. The molecule has 1 amide bonds. The van der Waals surface area contributed by atoms with Crippen molar-refractivity contribution in [2.45, 2.75) is 52.0 Å². The van der Waals surface area contributed by atoms with Crippen LogP contribution < -0.4 is 10.0 Å². The molecule has 3 heterocycles. The Morgan fingerprint density at radius 3 is 2.51 bits per heavy atom. The molecule has 0 radical (unpaired) electrons. The standard InChI is InChI=1S/C25H31BrClN4O2.C2H6/c26-20-14-19-2-1-18-15-21(27)3-4-22(18)25(24(19)31(33)16-20)30-11-9-29(10-12-30)23(32)13-17-5-7-28-8-6-17;1-2/h3-4,14-17,25,28,33H,1-2,5-13H2;1-2H3/q+1;. The summed E-state index contributed by atoms with van der Waals surface area (Å²) in [7, 11) is 0. The van der Waals surface area contributed by atoms with Crippen molar-refractivity contribution in [3.8, 4) is 0 Å². The summed E-state index contributed by atoms with van der Waals surface area (Å²) >= 11 is 9.87. The molecule has 0 bridgehead atoms. The zero-order valence-corrected chi connectivity index (χ0v) is 23.1. The monoisotopic (exact) mass is 563 g/mol. The summed E-state index contributed by atoms with van der Waals surface area (Å²) in [6.45, 7) is 9.04. The Hall–Kier alpha value is -1.67. The van der Waals surface area contributed by atoms with Crippen LogP contribution in [0.25, 0.3) is 0 Å². The van der Waals surface area contributed by atoms with E-state index in [1.54, 1.807) is 6.20 Å². The molecule has 0 spiro atoms. The molecule has 1 aromatic heterocycles. The van der Waals surface area contributed by atoms with Gasteiger partial charge in [0, 0.05) is 47.9 Å². The van der Waals surface area contributed by atoms with Crippen LogP contribution in [0.15, 0.2) is 34.9 Å². The Bertz CT molecular complexity index is 1040. The lowest BCUT2D eigenvalue weighted by atomic mass is 9.93. The number of aromatic nitrogens is 1. The number of nitrogens with zero attached hydrogens (tertiary/aromatic N) is 3. The Morgan fingerprint density at radius 1 is 1.11 bits per heavy atom. The second-order valence-corrected chi connectivity index (χ2v) is 10.8. The summed E-state index contributed by atoms with van der Waals surface area (Å²) in [5.74, 6) is 0.796. The fourth-order valence-corrected chi connectivity index (χ4v) is 6.31. The largest absolute Gasteiger partial charge is 0.340 e. The number of carbonyl (C=O) groups is 1. The summed E-state index contributed by atoms with van der Waals surface area (Å²) in [6, 6.07) is 8.15. The van der Waals surface area contributed by atoms with Gasteiger partial charge in [-0.15, -0.1) is 0 Å². The van der Waals surface area contributed by atoms with Gasteiger partial charge >= 0.3 is 0 Å². The minimum atomic E-state index is -0.0745. The van der Waals surface area contributed by atoms with Crippen LogP contribution in [0.4, 0.5) is 0 Å². The lowest BCUT2D eigenvalue weighted by Crippen LogP contribution is -2.52. The first-order valence-electron chi connectivity index (χ1n) is 12.9. The fourth-order valence-electron chi connectivity index (χ4n) is 5.65. The van der Waals surface area contributed by atoms with Gasteiger partial charge in [-0.25, -0.2) is 0 Å². The smallest absolute Gasteiger partial charge is 0.258 e. The topological polar surface area (TPSA) is 59.7 Å². The van der Waals surface area contributed by atoms with Gasteiger partial charge in [-0.2, -0.15) is 0 Å². The summed E-state index contributed by atoms with van der Waals surface area (Å²) in [5.41, 5.74) is 4.46. The third-order valence-electron chi connectivity index (χ3n) is 7.41. The van der Waals surface area contributed by atoms with Crippen molar-refractivity contribution < 1.29 is 14.7 Å². The SMILES string of the molecule is CC.O=C(CC1CCNCC1)N1CCN(C2c3ccc(Cl)cc3CCc3cc(Br)c[n+](O)c32)CC1. The van der Waals surface area contributed by atoms with Gasteiger partial charge in [0.1, 0.15) is 6.04 Å². The van der Waals surface area contributed by atoms with Crippen LogP contribution in [0.5, 0.6) is 0 Å². The number of halogens is 2. The minimum Gasteiger partial charge on any atom is -0.340 e. The molecule has 0 saturated carbocycles. The highest BCUT2D eigenvalue weighted by Gasteiger charge is 2.39. The molecule has 2 N–H and O–H groups in total. The molecule has 3 aliphatic rings. The van der Waals surface area contributed by atoms with Gasteiger partial charge in [0.25, 0.3) is 5.69 Å². The van der Waals surface area contributed by atoms with Crippen molar-refractivity contribution in [3.63, 3.8) is 0 Å².